The quantitative estimate of drug-likeness (QED) is 0.410. The molecule has 0 aliphatic carbocycles. The van der Waals surface area contributed by atoms with Crippen LogP contribution in [0.4, 0.5) is 11.4 Å². The van der Waals surface area contributed by atoms with Crippen LogP contribution in [-0.2, 0) is 21.3 Å². The van der Waals surface area contributed by atoms with E-state index in [-0.39, 0.29) is 12.3 Å². The topological polar surface area (TPSA) is 139 Å². The lowest BCUT2D eigenvalue weighted by Crippen LogP contribution is -2.28. The molecular weight excluding hydrogens is 339 g/mol. The van der Waals surface area contributed by atoms with Crippen LogP contribution in [-0.4, -0.2) is 30.6 Å². The number of nitro benzene ring substituents is 1. The van der Waals surface area contributed by atoms with Crippen LogP contribution in [0.25, 0.3) is 0 Å². The summed E-state index contributed by atoms with van der Waals surface area (Å²) < 4.78 is 32.0. The van der Waals surface area contributed by atoms with E-state index in [1.54, 1.807) is 6.07 Å². The zero-order chi connectivity index (χ0) is 17.5. The fourth-order valence-electron chi connectivity index (χ4n) is 2.33. The number of hydrogen-bond acceptors (Lipinski definition) is 7. The Morgan fingerprint density at radius 2 is 2.00 bits per heavy atom. The third-order valence-electron chi connectivity index (χ3n) is 3.50. The van der Waals surface area contributed by atoms with Crippen LogP contribution in [0.5, 0.6) is 5.75 Å². The smallest absolute Gasteiger partial charge is 0.491 e. The third-order valence-corrected chi connectivity index (χ3v) is 4.93. The van der Waals surface area contributed by atoms with Crippen LogP contribution >= 0.6 is 0 Å². The molecule has 11 heteroatoms. The number of nitro groups is 1. The van der Waals surface area contributed by atoms with E-state index in [0.717, 1.165) is 23.8 Å². The molecule has 0 saturated carbocycles. The van der Waals surface area contributed by atoms with Gasteiger partial charge in [-0.15, -0.1) is 0 Å². The van der Waals surface area contributed by atoms with Crippen molar-refractivity contribution < 1.29 is 28.1 Å². The molecule has 0 spiro atoms. The maximum Gasteiger partial charge on any atom is 0.491 e. The number of benzene rings is 2. The number of phenolic OH excluding ortho intramolecular Hbond substituents is 1. The zero-order valence-electron chi connectivity index (χ0n) is 12.0. The molecule has 1 aliphatic heterocycles. The monoisotopic (exact) mass is 350 g/mol. The van der Waals surface area contributed by atoms with Crippen molar-refractivity contribution in [3.8, 4) is 5.75 Å². The molecule has 0 radical (unpaired) electrons. The fourth-order valence-corrected chi connectivity index (χ4v) is 3.46. The van der Waals surface area contributed by atoms with Crippen LogP contribution in [0.3, 0.4) is 0 Å². The van der Waals surface area contributed by atoms with E-state index in [4.69, 9.17) is 4.65 Å². The summed E-state index contributed by atoms with van der Waals surface area (Å²) in [5.41, 5.74) is 0.923. The second-order valence-electron chi connectivity index (χ2n) is 5.09. The van der Waals surface area contributed by atoms with E-state index in [1.807, 2.05) is 0 Å². The number of anilines is 1. The highest BCUT2D eigenvalue weighted by Gasteiger charge is 2.28. The van der Waals surface area contributed by atoms with E-state index < -0.39 is 38.4 Å². The molecule has 0 aromatic heterocycles. The van der Waals surface area contributed by atoms with E-state index in [0.29, 0.717) is 5.46 Å². The molecule has 1 heterocycles. The number of hydrogen-bond donors (Lipinski definition) is 3. The number of rotatable bonds is 4. The Labute approximate surface area is 136 Å². The Morgan fingerprint density at radius 3 is 2.67 bits per heavy atom. The molecule has 124 valence electrons. The summed E-state index contributed by atoms with van der Waals surface area (Å²) in [7, 11) is -5.29. The predicted molar refractivity (Wildman–Crippen MR) is 84.4 cm³/mol. The molecule has 1 aliphatic rings. The van der Waals surface area contributed by atoms with E-state index in [2.05, 4.69) is 4.72 Å². The van der Waals surface area contributed by atoms with Crippen molar-refractivity contribution in [2.24, 2.45) is 0 Å². The summed E-state index contributed by atoms with van der Waals surface area (Å²) in [5, 5.41) is 30.0. The molecule has 24 heavy (non-hydrogen) atoms. The van der Waals surface area contributed by atoms with Crippen LogP contribution in [0.2, 0.25) is 0 Å². The third kappa shape index (κ3) is 2.91. The van der Waals surface area contributed by atoms with Gasteiger partial charge in [0.1, 0.15) is 10.6 Å². The van der Waals surface area contributed by atoms with Crippen LogP contribution in [0, 0.1) is 10.1 Å². The van der Waals surface area contributed by atoms with Gasteiger partial charge in [-0.2, -0.15) is 0 Å². The summed E-state index contributed by atoms with van der Waals surface area (Å²) in [5.74, 6) is -0.735. The number of non-ortho nitro benzene ring substituents is 1. The number of nitrogens with one attached hydrogen (secondary N) is 1. The first kappa shape index (κ1) is 16.2. The molecule has 3 N–H and O–H groups in total. The van der Waals surface area contributed by atoms with Gasteiger partial charge in [0.25, 0.3) is 15.7 Å². The van der Waals surface area contributed by atoms with Gasteiger partial charge in [0.2, 0.25) is 0 Å². The number of aromatic hydroxyl groups is 1. The van der Waals surface area contributed by atoms with Gasteiger partial charge in [-0.3, -0.25) is 14.8 Å². The number of nitrogens with zero attached hydrogens (tertiary/aromatic N) is 1. The molecule has 0 bridgehead atoms. The fraction of sp³-hybridized carbons (Fsp3) is 0.0769. The normalized spacial score (nSPS) is 13.6. The Hall–Kier alpha value is -2.63. The molecule has 2 aromatic rings. The lowest BCUT2D eigenvalue weighted by atomic mass is 9.79. The van der Waals surface area contributed by atoms with E-state index >= 15 is 0 Å². The minimum atomic E-state index is -4.17. The maximum absolute atomic E-state index is 12.4. The van der Waals surface area contributed by atoms with E-state index in [9.17, 15) is 28.7 Å². The second-order valence-corrected chi connectivity index (χ2v) is 6.74. The first-order valence-electron chi connectivity index (χ1n) is 6.70. The second kappa shape index (κ2) is 5.78. The molecule has 0 fully saturated rings. The van der Waals surface area contributed by atoms with Crippen molar-refractivity contribution in [2.75, 3.05) is 4.72 Å². The van der Waals surface area contributed by atoms with Gasteiger partial charge < -0.3 is 14.8 Å². The standard InChI is InChI=1S/C13H11BN2O7S/c17-12-6-10(16(19)20)3-4-13(12)24(21,22)15-9-2-1-8-7-23-14(18)11(8)5-9/h1-6,15,17-18H,7H2. The van der Waals surface area contributed by atoms with E-state index in [1.165, 1.54) is 12.1 Å². The van der Waals surface area contributed by atoms with Gasteiger partial charge in [-0.05, 0) is 29.2 Å². The van der Waals surface area contributed by atoms with Crippen LogP contribution in [0.1, 0.15) is 5.56 Å². The average Bonchev–Trinajstić information content (AvgIpc) is 2.87. The molecule has 0 atom stereocenters. The summed E-state index contributed by atoms with van der Waals surface area (Å²) in [6.45, 7) is 0.229. The Morgan fingerprint density at radius 1 is 1.25 bits per heavy atom. The first-order chi connectivity index (χ1) is 11.3. The van der Waals surface area contributed by atoms with Gasteiger partial charge in [0.15, 0.2) is 0 Å². The highest BCUT2D eigenvalue weighted by molar-refractivity contribution is 7.92. The molecule has 0 unspecified atom stereocenters. The molecule has 9 nitrogen and oxygen atoms in total. The molecular formula is C13H11BN2O7S. The van der Waals surface area contributed by atoms with Gasteiger partial charge in [0.05, 0.1) is 17.6 Å². The Balaban J connectivity index is 1.92. The summed E-state index contributed by atoms with van der Waals surface area (Å²) in [4.78, 5) is 9.40. The largest absolute Gasteiger partial charge is 0.506 e. The summed E-state index contributed by atoms with van der Waals surface area (Å²) in [6, 6.07) is 7.21. The van der Waals surface area contributed by atoms with Gasteiger partial charge in [-0.1, -0.05) is 6.07 Å². The lowest BCUT2D eigenvalue weighted by Gasteiger charge is -2.10. The summed E-state index contributed by atoms with van der Waals surface area (Å²) in [6.07, 6.45) is 0. The first-order valence-corrected chi connectivity index (χ1v) is 8.19. The summed E-state index contributed by atoms with van der Waals surface area (Å²) >= 11 is 0. The van der Waals surface area contributed by atoms with Crippen LogP contribution in [0.15, 0.2) is 41.3 Å². The van der Waals surface area contributed by atoms with Crippen LogP contribution < -0.4 is 10.2 Å². The molecule has 0 saturated heterocycles. The van der Waals surface area contributed by atoms with Crippen molar-refractivity contribution in [2.45, 2.75) is 11.5 Å². The Kier molecular flexibility index (Phi) is 3.91. The molecule has 0 amide bonds. The predicted octanol–water partition coefficient (Wildman–Crippen LogP) is 0.319. The zero-order valence-corrected chi connectivity index (χ0v) is 12.9. The van der Waals surface area contributed by atoms with Crippen molar-refractivity contribution in [3.05, 3.63) is 52.1 Å². The van der Waals surface area contributed by atoms with Gasteiger partial charge in [0, 0.05) is 11.8 Å². The van der Waals surface area contributed by atoms with Crippen molar-refractivity contribution in [3.63, 3.8) is 0 Å². The van der Waals surface area contributed by atoms with Crippen molar-refractivity contribution in [1.82, 2.24) is 0 Å². The van der Waals surface area contributed by atoms with Crippen molar-refractivity contribution >= 4 is 34.0 Å². The molecule has 2 aromatic carbocycles. The number of fused-ring (bicyclic) bond motifs is 1. The number of sulfonamides is 1. The molecule has 3 rings (SSSR count). The highest BCUT2D eigenvalue weighted by Crippen LogP contribution is 2.29. The lowest BCUT2D eigenvalue weighted by molar-refractivity contribution is -0.385. The van der Waals surface area contributed by atoms with Gasteiger partial charge in [-0.25, -0.2) is 8.42 Å². The van der Waals surface area contributed by atoms with Gasteiger partial charge >= 0.3 is 7.12 Å². The maximum atomic E-state index is 12.4. The van der Waals surface area contributed by atoms with Crippen molar-refractivity contribution in [1.29, 1.82) is 0 Å². The number of phenols is 1. The minimum Gasteiger partial charge on any atom is -0.506 e. The highest BCUT2D eigenvalue weighted by atomic mass is 32.2. The average molecular weight is 350 g/mol. The Bertz CT molecular complexity index is 932. The minimum absolute atomic E-state index is 0.163. The SMILES string of the molecule is O=[N+]([O-])c1ccc(S(=O)(=O)Nc2ccc3c(c2)B(O)OC3)c(O)c1.